The first-order valence-corrected chi connectivity index (χ1v) is 8.53. The molecule has 0 atom stereocenters. The zero-order valence-corrected chi connectivity index (χ0v) is 16.0. The van der Waals surface area contributed by atoms with Crippen LogP contribution in [0.4, 0.5) is 5.69 Å². The average molecular weight is 380 g/mol. The molecule has 0 heterocycles. The van der Waals surface area contributed by atoms with E-state index < -0.39 is 0 Å². The summed E-state index contributed by atoms with van der Waals surface area (Å²) in [6, 6.07) is 3.39. The van der Waals surface area contributed by atoms with Gasteiger partial charge in [-0.15, -0.1) is 0 Å². The van der Waals surface area contributed by atoms with Gasteiger partial charge in [-0.25, -0.2) is 0 Å². The molecule has 0 spiro atoms. The van der Waals surface area contributed by atoms with E-state index in [9.17, 15) is 5.11 Å². The molecule has 1 aromatic carbocycles. The summed E-state index contributed by atoms with van der Waals surface area (Å²) in [6.07, 6.45) is 5.13. The maximum Gasteiger partial charge on any atom is 0.142 e. The molecular weight excluding hydrogens is 354 g/mol. The van der Waals surface area contributed by atoms with E-state index >= 15 is 0 Å². The van der Waals surface area contributed by atoms with Crippen molar-refractivity contribution < 1.29 is 14.9 Å². The van der Waals surface area contributed by atoms with Gasteiger partial charge in [0.15, 0.2) is 0 Å². The van der Waals surface area contributed by atoms with Crippen LogP contribution in [0.15, 0.2) is 35.4 Å². The molecule has 0 fully saturated rings. The van der Waals surface area contributed by atoms with Gasteiger partial charge in [-0.2, -0.15) is 0 Å². The average Bonchev–Trinajstić information content (AvgIpc) is 2.54. The van der Waals surface area contributed by atoms with E-state index in [1.54, 1.807) is 18.2 Å². The number of ether oxygens (including phenoxy) is 1. The number of halogens is 1. The van der Waals surface area contributed by atoms with E-state index in [-0.39, 0.29) is 29.2 Å². The predicted octanol–water partition coefficient (Wildman–Crippen LogP) is 3.75. The number of nitrogens with one attached hydrogen (secondary N) is 2. The molecule has 2 rings (SSSR count). The van der Waals surface area contributed by atoms with Crippen LogP contribution in [0, 0.1) is 10.8 Å². The topological polar surface area (TPSA) is 123 Å². The molecule has 26 heavy (non-hydrogen) atoms. The quantitative estimate of drug-likeness (QED) is 0.236. The summed E-state index contributed by atoms with van der Waals surface area (Å²) in [5.41, 5.74) is 7.00. The first-order valence-electron chi connectivity index (χ1n) is 8.15. The first kappa shape index (κ1) is 21.7. The van der Waals surface area contributed by atoms with Gasteiger partial charge in [0.1, 0.15) is 11.5 Å². The third-order valence-electron chi connectivity index (χ3n) is 3.47. The molecule has 6 nitrogen and oxygen atoms in total. The molecule has 6 N–H and O–H groups in total. The Kier molecular flexibility index (Phi) is 7.86. The molecule has 0 unspecified atom stereocenters. The van der Waals surface area contributed by atoms with E-state index in [0.29, 0.717) is 29.5 Å². The minimum Gasteiger partial charge on any atom is -0.505 e. The zero-order chi connectivity index (χ0) is 19.9. The Hall–Kier alpha value is -2.31. The molecule has 0 aliphatic heterocycles. The fraction of sp³-hybridized carbons (Fsp3) is 0.368. The van der Waals surface area contributed by atoms with Gasteiger partial charge in [-0.3, -0.25) is 10.8 Å². The van der Waals surface area contributed by atoms with E-state index in [1.807, 2.05) is 20.8 Å². The lowest BCUT2D eigenvalue weighted by molar-refractivity contribution is 0.233. The van der Waals surface area contributed by atoms with Crippen LogP contribution in [0.5, 0.6) is 11.5 Å². The third-order valence-corrected chi connectivity index (χ3v) is 3.71. The second-order valence-corrected chi connectivity index (χ2v) is 7.21. The van der Waals surface area contributed by atoms with E-state index in [2.05, 4.69) is 0 Å². The molecule has 0 aromatic heterocycles. The highest BCUT2D eigenvalue weighted by molar-refractivity contribution is 6.51. The molecule has 1 aliphatic carbocycles. The number of rotatable bonds is 4. The van der Waals surface area contributed by atoms with Crippen LogP contribution >= 0.6 is 11.6 Å². The molecule has 0 saturated heterocycles. The van der Waals surface area contributed by atoms with Gasteiger partial charge < -0.3 is 20.7 Å². The molecule has 0 radical (unpaired) electrons. The van der Waals surface area contributed by atoms with Gasteiger partial charge in [0, 0.05) is 29.7 Å². The van der Waals surface area contributed by atoms with Gasteiger partial charge in [-0.1, -0.05) is 32.4 Å². The Morgan fingerprint density at radius 1 is 1.15 bits per heavy atom. The molecular formula is C19H26ClN3O3. The predicted molar refractivity (Wildman–Crippen MR) is 107 cm³/mol. The van der Waals surface area contributed by atoms with Crippen LogP contribution in [0.2, 0.25) is 0 Å². The fourth-order valence-electron chi connectivity index (χ4n) is 2.06. The molecule has 1 aliphatic rings. The number of hydrogen-bond acceptors (Lipinski definition) is 6. The highest BCUT2D eigenvalue weighted by atomic mass is 35.5. The summed E-state index contributed by atoms with van der Waals surface area (Å²) in [5, 5.41) is 33.3. The number of anilines is 1. The number of nitrogen functional groups attached to an aromatic ring is 1. The van der Waals surface area contributed by atoms with Crippen molar-refractivity contribution in [3.63, 3.8) is 0 Å². The summed E-state index contributed by atoms with van der Waals surface area (Å²) in [4.78, 5) is 0. The largest absolute Gasteiger partial charge is 0.505 e. The maximum absolute atomic E-state index is 9.91. The number of aliphatic hydroxyl groups is 1. The van der Waals surface area contributed by atoms with E-state index in [1.165, 1.54) is 12.2 Å². The first-order chi connectivity index (χ1) is 12.1. The van der Waals surface area contributed by atoms with Gasteiger partial charge in [0.25, 0.3) is 0 Å². The van der Waals surface area contributed by atoms with Gasteiger partial charge in [-0.05, 0) is 29.7 Å². The Labute approximate surface area is 159 Å². The van der Waals surface area contributed by atoms with E-state index in [4.69, 9.17) is 38.0 Å². The second-order valence-electron chi connectivity index (χ2n) is 6.77. The van der Waals surface area contributed by atoms with Crippen LogP contribution < -0.4 is 10.5 Å². The van der Waals surface area contributed by atoms with Crippen LogP contribution in [-0.2, 0) is 5.41 Å². The number of benzene rings is 1. The lowest BCUT2D eigenvalue weighted by Crippen LogP contribution is -2.13. The van der Waals surface area contributed by atoms with Gasteiger partial charge in [0.2, 0.25) is 0 Å². The maximum atomic E-state index is 9.91. The molecule has 0 saturated carbocycles. The number of allylic oxidation sites excluding steroid dienone is 4. The van der Waals surface area contributed by atoms with E-state index in [0.717, 1.165) is 5.56 Å². The minimum atomic E-state index is -0.200. The molecule has 1 aromatic rings. The Morgan fingerprint density at radius 2 is 1.81 bits per heavy atom. The van der Waals surface area contributed by atoms with Crippen molar-refractivity contribution >= 4 is 28.7 Å². The summed E-state index contributed by atoms with van der Waals surface area (Å²) < 4.78 is 5.47. The highest BCUT2D eigenvalue weighted by Gasteiger charge is 2.21. The minimum absolute atomic E-state index is 0.0969. The van der Waals surface area contributed by atoms with Crippen molar-refractivity contribution in [3.05, 3.63) is 41.0 Å². The third kappa shape index (κ3) is 6.54. The normalized spacial score (nSPS) is 13.8. The smallest absolute Gasteiger partial charge is 0.142 e. The SMILES string of the molecule is CC(C)(C)c1cc(OCCCO)cc(N)c1O.N=C1C=CC(Cl)=CC1=N. The van der Waals surface area contributed by atoms with Crippen LogP contribution in [0.3, 0.4) is 0 Å². The van der Waals surface area contributed by atoms with Crippen molar-refractivity contribution in [2.24, 2.45) is 0 Å². The van der Waals surface area contributed by atoms with Crippen LogP contribution in [0.25, 0.3) is 0 Å². The summed E-state index contributed by atoms with van der Waals surface area (Å²) in [6.45, 7) is 6.53. The standard InChI is InChI=1S/C13H21NO3.C6H5ClN2/c1-13(2,3)10-7-9(17-6-4-5-15)8-11(14)12(10)16;7-4-1-2-5(8)6(9)3-4/h7-8,15-16H,4-6,14H2,1-3H3;1-3,8-9H. The van der Waals surface area contributed by atoms with Gasteiger partial charge in [0.05, 0.1) is 23.7 Å². The number of phenolic OH excluding ortho intramolecular Hbond substituents is 1. The van der Waals surface area contributed by atoms with Crippen LogP contribution in [-0.4, -0.2) is 34.9 Å². The van der Waals surface area contributed by atoms with Crippen molar-refractivity contribution in [1.82, 2.24) is 0 Å². The van der Waals surface area contributed by atoms with Crippen molar-refractivity contribution in [1.29, 1.82) is 10.8 Å². The second kappa shape index (κ2) is 9.40. The summed E-state index contributed by atoms with van der Waals surface area (Å²) in [7, 11) is 0. The number of phenols is 1. The number of aliphatic hydroxyl groups excluding tert-OH is 1. The number of nitrogens with two attached hydrogens (primary N) is 1. The summed E-state index contributed by atoms with van der Waals surface area (Å²) in [5.74, 6) is 0.741. The van der Waals surface area contributed by atoms with Crippen molar-refractivity contribution in [3.8, 4) is 11.5 Å². The van der Waals surface area contributed by atoms with Crippen LogP contribution in [0.1, 0.15) is 32.8 Å². The highest BCUT2D eigenvalue weighted by Crippen LogP contribution is 2.38. The fourth-order valence-corrected chi connectivity index (χ4v) is 2.23. The molecule has 0 amide bonds. The summed E-state index contributed by atoms with van der Waals surface area (Å²) >= 11 is 5.51. The number of hydrogen-bond donors (Lipinski definition) is 5. The Morgan fingerprint density at radius 3 is 2.31 bits per heavy atom. The molecule has 142 valence electrons. The lowest BCUT2D eigenvalue weighted by Gasteiger charge is -2.22. The monoisotopic (exact) mass is 379 g/mol. The number of aromatic hydroxyl groups is 1. The van der Waals surface area contributed by atoms with Gasteiger partial charge >= 0.3 is 0 Å². The zero-order valence-electron chi connectivity index (χ0n) is 15.3. The van der Waals surface area contributed by atoms with Crippen molar-refractivity contribution in [2.45, 2.75) is 32.6 Å². The Bertz CT molecular complexity index is 734. The lowest BCUT2D eigenvalue weighted by atomic mass is 9.86. The molecule has 0 bridgehead atoms. The molecule has 7 heteroatoms. The van der Waals surface area contributed by atoms with Crippen molar-refractivity contribution in [2.75, 3.05) is 18.9 Å². The Balaban J connectivity index is 0.000000314.